The number of nitrogens with one attached hydrogen (secondary N) is 1. The number of nitrogens with two attached hydrogens (primary N) is 1. The number of aryl methyl sites for hydroxylation is 1. The van der Waals surface area contributed by atoms with E-state index in [1.807, 2.05) is 0 Å². The van der Waals surface area contributed by atoms with Crippen molar-refractivity contribution < 1.29 is 35.9 Å². The van der Waals surface area contributed by atoms with E-state index < -0.39 is 42.1 Å². The van der Waals surface area contributed by atoms with Crippen molar-refractivity contribution in [2.24, 2.45) is 5.73 Å². The first-order chi connectivity index (χ1) is 14.8. The lowest BCUT2D eigenvalue weighted by molar-refractivity contribution is -0.392. The lowest BCUT2D eigenvalue weighted by Crippen LogP contribution is -2.55. The summed E-state index contributed by atoms with van der Waals surface area (Å²) in [5.41, 5.74) is 0.178. The van der Waals surface area contributed by atoms with Crippen molar-refractivity contribution in [2.75, 3.05) is 5.32 Å². The van der Waals surface area contributed by atoms with Gasteiger partial charge >= 0.3 is 12.4 Å². The molecule has 0 fully saturated rings. The van der Waals surface area contributed by atoms with E-state index in [4.69, 9.17) is 5.73 Å². The highest BCUT2D eigenvalue weighted by Gasteiger charge is 2.73. The second-order valence-corrected chi connectivity index (χ2v) is 7.35. The van der Waals surface area contributed by atoms with E-state index in [0.29, 0.717) is 12.5 Å². The summed E-state index contributed by atoms with van der Waals surface area (Å²) in [6, 6.07) is 8.83. The summed E-state index contributed by atoms with van der Waals surface area (Å²) >= 11 is 0. The van der Waals surface area contributed by atoms with Gasteiger partial charge in [0.05, 0.1) is 12.6 Å². The smallest absolute Gasteiger partial charge is 0.349 e. The van der Waals surface area contributed by atoms with Gasteiger partial charge in [0, 0.05) is 11.3 Å². The van der Waals surface area contributed by atoms with E-state index >= 15 is 0 Å². The van der Waals surface area contributed by atoms with Crippen molar-refractivity contribution in [3.63, 3.8) is 0 Å². The van der Waals surface area contributed by atoms with Crippen LogP contribution in [0.2, 0.25) is 0 Å². The maximum Gasteiger partial charge on any atom is 0.430 e. The molecule has 0 aliphatic heterocycles. The van der Waals surface area contributed by atoms with E-state index in [0.717, 1.165) is 12.1 Å². The van der Waals surface area contributed by atoms with Gasteiger partial charge in [-0.15, -0.1) is 0 Å². The Morgan fingerprint density at radius 2 is 1.62 bits per heavy atom. The summed E-state index contributed by atoms with van der Waals surface area (Å²) in [6.07, 6.45) is -11.1. The minimum atomic E-state index is -5.81. The molecule has 0 bridgehead atoms. The third-order valence-electron chi connectivity index (χ3n) is 4.80. The quantitative estimate of drug-likeness (QED) is 0.512. The molecule has 0 aliphatic carbocycles. The molecule has 0 saturated heterocycles. The first kappa shape index (κ1) is 25.7. The Bertz CT molecular complexity index is 897. The number of anilines is 1. The summed E-state index contributed by atoms with van der Waals surface area (Å²) < 4.78 is 89.0. The number of carbonyl (C=O) groups is 1. The standard InChI is InChI=1S/C22H24F6N2O2/c1-3-7-16-12-17(10-11-18(16)30-19(31)14(2)29)20(21(23,24)25,22(26,27)28)32-13-15-8-5-4-6-9-15/h4-6,8-12,14H,3,7,13,29H2,1-2H3,(H,30,31)/t14-/m0/s1. The average molecular weight is 462 g/mol. The molecule has 3 N–H and O–H groups in total. The molecule has 4 nitrogen and oxygen atoms in total. The first-order valence-electron chi connectivity index (χ1n) is 9.84. The van der Waals surface area contributed by atoms with Gasteiger partial charge in [-0.2, -0.15) is 26.3 Å². The fourth-order valence-corrected chi connectivity index (χ4v) is 3.16. The normalized spacial score (nSPS) is 13.7. The average Bonchev–Trinajstić information content (AvgIpc) is 2.69. The zero-order valence-electron chi connectivity index (χ0n) is 17.5. The van der Waals surface area contributed by atoms with E-state index in [1.165, 1.54) is 31.2 Å². The van der Waals surface area contributed by atoms with Crippen LogP contribution in [-0.4, -0.2) is 24.3 Å². The topological polar surface area (TPSA) is 64.3 Å². The largest absolute Gasteiger partial charge is 0.430 e. The highest BCUT2D eigenvalue weighted by molar-refractivity contribution is 5.95. The highest BCUT2D eigenvalue weighted by atomic mass is 19.4. The Balaban J connectivity index is 2.61. The van der Waals surface area contributed by atoms with E-state index in [-0.39, 0.29) is 23.2 Å². The van der Waals surface area contributed by atoms with Crippen molar-refractivity contribution in [2.45, 2.75) is 57.3 Å². The lowest BCUT2D eigenvalue weighted by Gasteiger charge is -2.38. The van der Waals surface area contributed by atoms with Gasteiger partial charge in [0.1, 0.15) is 0 Å². The van der Waals surface area contributed by atoms with Crippen molar-refractivity contribution >= 4 is 11.6 Å². The minimum absolute atomic E-state index is 0.0965. The number of rotatable bonds is 8. The van der Waals surface area contributed by atoms with Gasteiger partial charge in [-0.1, -0.05) is 55.8 Å². The second-order valence-electron chi connectivity index (χ2n) is 7.35. The molecule has 2 aromatic carbocycles. The first-order valence-corrected chi connectivity index (χ1v) is 9.84. The molecule has 0 saturated carbocycles. The molecule has 0 spiro atoms. The summed E-state index contributed by atoms with van der Waals surface area (Å²) in [6.45, 7) is 2.20. The minimum Gasteiger partial charge on any atom is -0.349 e. The lowest BCUT2D eigenvalue weighted by atomic mass is 9.89. The fourth-order valence-electron chi connectivity index (χ4n) is 3.16. The van der Waals surface area contributed by atoms with Gasteiger partial charge in [-0.25, -0.2) is 0 Å². The van der Waals surface area contributed by atoms with Crippen LogP contribution in [0.4, 0.5) is 32.0 Å². The second kappa shape index (κ2) is 9.91. The Hall–Kier alpha value is -2.59. The molecular formula is C22H24F6N2O2. The zero-order valence-corrected chi connectivity index (χ0v) is 17.5. The summed E-state index contributed by atoms with van der Waals surface area (Å²) in [5.74, 6) is -0.617. The summed E-state index contributed by atoms with van der Waals surface area (Å²) in [5, 5.41) is 2.44. The van der Waals surface area contributed by atoms with Crippen LogP contribution < -0.4 is 11.1 Å². The number of alkyl halides is 6. The van der Waals surface area contributed by atoms with Gasteiger partial charge in [0.15, 0.2) is 0 Å². The number of halogens is 6. The maximum absolute atomic E-state index is 14.1. The monoisotopic (exact) mass is 462 g/mol. The number of amides is 1. The number of carbonyl (C=O) groups excluding carboxylic acids is 1. The summed E-state index contributed by atoms with van der Waals surface area (Å²) in [7, 11) is 0. The highest BCUT2D eigenvalue weighted by Crippen LogP contribution is 2.53. The van der Waals surface area contributed by atoms with Crippen LogP contribution in [0, 0.1) is 0 Å². The SMILES string of the molecule is CCCc1cc(C(OCc2ccccc2)(C(F)(F)F)C(F)(F)F)ccc1NC(=O)[C@H](C)N. The number of ether oxygens (including phenoxy) is 1. The van der Waals surface area contributed by atoms with Crippen LogP contribution in [0.1, 0.15) is 37.0 Å². The molecule has 0 aromatic heterocycles. The predicted octanol–water partition coefficient (Wildman–Crippen LogP) is 5.46. The number of benzene rings is 2. The number of hydrogen-bond acceptors (Lipinski definition) is 3. The van der Waals surface area contributed by atoms with E-state index in [1.54, 1.807) is 13.0 Å². The van der Waals surface area contributed by atoms with Crippen molar-refractivity contribution in [1.29, 1.82) is 0 Å². The molecule has 1 atom stereocenters. The molecular weight excluding hydrogens is 438 g/mol. The van der Waals surface area contributed by atoms with Crippen molar-refractivity contribution in [3.05, 3.63) is 65.2 Å². The molecule has 32 heavy (non-hydrogen) atoms. The Morgan fingerprint density at radius 3 is 2.12 bits per heavy atom. The molecule has 1 amide bonds. The van der Waals surface area contributed by atoms with Gasteiger partial charge in [0.25, 0.3) is 5.60 Å². The van der Waals surface area contributed by atoms with Crippen molar-refractivity contribution in [3.8, 4) is 0 Å². The Kier molecular flexibility index (Phi) is 7.95. The van der Waals surface area contributed by atoms with Crippen LogP contribution in [-0.2, 0) is 28.2 Å². The van der Waals surface area contributed by atoms with E-state index in [9.17, 15) is 31.1 Å². The molecule has 2 rings (SSSR count). The molecule has 0 aliphatic rings. The third-order valence-corrected chi connectivity index (χ3v) is 4.80. The molecule has 0 unspecified atom stereocenters. The molecule has 176 valence electrons. The van der Waals surface area contributed by atoms with Crippen LogP contribution in [0.5, 0.6) is 0 Å². The molecule has 0 heterocycles. The molecule has 0 radical (unpaired) electrons. The Labute approximate surface area is 181 Å². The van der Waals surface area contributed by atoms with Gasteiger partial charge in [-0.3, -0.25) is 4.79 Å². The zero-order chi connectivity index (χ0) is 24.2. The fraction of sp³-hybridized carbons (Fsp3) is 0.409. The van der Waals surface area contributed by atoms with Crippen LogP contribution in [0.25, 0.3) is 0 Å². The summed E-state index contributed by atoms with van der Waals surface area (Å²) in [4.78, 5) is 11.9. The predicted molar refractivity (Wildman–Crippen MR) is 108 cm³/mol. The van der Waals surface area contributed by atoms with Crippen molar-refractivity contribution in [1.82, 2.24) is 0 Å². The molecule has 10 heteroatoms. The molecule has 2 aromatic rings. The van der Waals surface area contributed by atoms with Crippen LogP contribution in [0.3, 0.4) is 0 Å². The van der Waals surface area contributed by atoms with Crippen LogP contribution >= 0.6 is 0 Å². The van der Waals surface area contributed by atoms with Gasteiger partial charge in [0.2, 0.25) is 5.91 Å². The van der Waals surface area contributed by atoms with Gasteiger partial charge < -0.3 is 15.8 Å². The van der Waals surface area contributed by atoms with Gasteiger partial charge in [-0.05, 0) is 30.5 Å². The Morgan fingerprint density at radius 1 is 1.03 bits per heavy atom. The number of hydrogen-bond donors (Lipinski definition) is 2. The maximum atomic E-state index is 14.1. The van der Waals surface area contributed by atoms with Crippen LogP contribution in [0.15, 0.2) is 48.5 Å². The third kappa shape index (κ3) is 5.42. The van der Waals surface area contributed by atoms with E-state index in [2.05, 4.69) is 10.1 Å².